The van der Waals surface area contributed by atoms with Gasteiger partial charge in [0.05, 0.1) is 34.3 Å². The van der Waals surface area contributed by atoms with Crippen molar-refractivity contribution in [2.24, 2.45) is 5.92 Å². The summed E-state index contributed by atoms with van der Waals surface area (Å²) in [6.07, 6.45) is 38.9. The molecule has 0 bridgehead atoms. The molecule has 0 aromatic carbocycles. The predicted molar refractivity (Wildman–Crippen MR) is 223 cm³/mol. The molecule has 0 radical (unpaired) electrons. The third kappa shape index (κ3) is 36.7. The van der Waals surface area contributed by atoms with E-state index in [0.717, 1.165) is 75.2 Å². The largest absolute Gasteiger partial charge is 0.462 e. The quantitative estimate of drug-likeness (QED) is 0.0291. The van der Waals surface area contributed by atoms with E-state index < -0.39 is 12.1 Å². The third-order valence-electron chi connectivity index (χ3n) is 10.0. The van der Waals surface area contributed by atoms with Crippen molar-refractivity contribution < 1.29 is 33.4 Å². The second kappa shape index (κ2) is 37.0. The number of aliphatic hydroxyl groups is 1. The molecule has 0 spiro atoms. The molecule has 0 rings (SSSR count). The maximum atomic E-state index is 13.2. The zero-order valence-corrected chi connectivity index (χ0v) is 35.5. The number of unbranched alkanes of at least 4 members (excludes halogenated alkanes) is 18. The number of carbonyl (C=O) groups is 3. The van der Waals surface area contributed by atoms with Crippen molar-refractivity contribution in [3.63, 3.8) is 0 Å². The molecule has 0 aliphatic rings. The highest BCUT2D eigenvalue weighted by atomic mass is 16.6. The van der Waals surface area contributed by atoms with E-state index in [-0.39, 0.29) is 31.5 Å². The summed E-state index contributed by atoms with van der Waals surface area (Å²) in [7, 11) is 6.46. The maximum absolute atomic E-state index is 13.2. The number of hydrogen-bond acceptors (Lipinski definition) is 6. The van der Waals surface area contributed by atoms with Crippen LogP contribution in [0.5, 0.6) is 0 Å². The van der Waals surface area contributed by atoms with Crippen LogP contribution in [0.25, 0.3) is 0 Å². The molecule has 0 aliphatic carbocycles. The van der Waals surface area contributed by atoms with Gasteiger partial charge >= 0.3 is 11.9 Å². The Morgan fingerprint density at radius 3 is 1.55 bits per heavy atom. The molecule has 0 aliphatic heterocycles. The van der Waals surface area contributed by atoms with Crippen molar-refractivity contribution in [3.8, 4) is 0 Å². The number of quaternary nitrogens is 1. The van der Waals surface area contributed by atoms with Gasteiger partial charge in [-0.15, -0.1) is 0 Å². The minimum atomic E-state index is -0.848. The highest BCUT2D eigenvalue weighted by Gasteiger charge is 2.20. The highest BCUT2D eigenvalue weighted by molar-refractivity contribution is 5.81. The van der Waals surface area contributed by atoms with Crippen molar-refractivity contribution >= 4 is 17.7 Å². The highest BCUT2D eigenvalue weighted by Crippen LogP contribution is 2.21. The van der Waals surface area contributed by atoms with Crippen LogP contribution in [0.1, 0.15) is 200 Å². The van der Waals surface area contributed by atoms with Gasteiger partial charge in [0.25, 0.3) is 0 Å². The first-order chi connectivity index (χ1) is 25.6. The molecule has 1 N–H and O–H groups in total. The molecule has 0 aromatic rings. The number of rotatable bonds is 39. The van der Waals surface area contributed by atoms with Crippen LogP contribution in [0.3, 0.4) is 0 Å². The van der Waals surface area contributed by atoms with Gasteiger partial charge in [-0.1, -0.05) is 128 Å². The zero-order valence-electron chi connectivity index (χ0n) is 35.5. The van der Waals surface area contributed by atoms with Crippen LogP contribution < -0.4 is 0 Å². The standard InChI is InChI=1S/C46H86NO6/c1-6-8-10-12-14-16-18-19-20-21-22-24-26-28-30-37-45(50)52-41-43(40-48)53-46(51)38-32-31-35-42(44(49)36-33-39-47(3,4)5)34-29-27-25-23-17-15-13-11-9-7-2/h19-20,25,27,42-43,48H,6-18,21-24,26,28-41H2,1-5H3/q+1/t42?,43-/m0/s1. The summed E-state index contributed by atoms with van der Waals surface area (Å²) in [5, 5.41) is 9.71. The Hall–Kier alpha value is -1.99. The van der Waals surface area contributed by atoms with Gasteiger partial charge in [0, 0.05) is 31.6 Å². The van der Waals surface area contributed by atoms with E-state index in [9.17, 15) is 19.5 Å². The average molecular weight is 749 g/mol. The van der Waals surface area contributed by atoms with Gasteiger partial charge in [-0.2, -0.15) is 0 Å². The molecule has 310 valence electrons. The van der Waals surface area contributed by atoms with Crippen LogP contribution >= 0.6 is 0 Å². The number of aliphatic hydroxyl groups excluding tert-OH is 1. The first-order valence-corrected chi connectivity index (χ1v) is 22.2. The summed E-state index contributed by atoms with van der Waals surface area (Å²) in [6.45, 7) is 4.97. The van der Waals surface area contributed by atoms with Gasteiger partial charge in [0.2, 0.25) is 0 Å². The Morgan fingerprint density at radius 1 is 0.547 bits per heavy atom. The summed E-state index contributed by atoms with van der Waals surface area (Å²) in [5.41, 5.74) is 0. The van der Waals surface area contributed by atoms with E-state index in [4.69, 9.17) is 9.47 Å². The third-order valence-corrected chi connectivity index (χ3v) is 10.0. The van der Waals surface area contributed by atoms with E-state index in [0.29, 0.717) is 25.0 Å². The second-order valence-electron chi connectivity index (χ2n) is 16.4. The van der Waals surface area contributed by atoms with E-state index in [1.807, 2.05) is 0 Å². The predicted octanol–water partition coefficient (Wildman–Crippen LogP) is 11.8. The summed E-state index contributed by atoms with van der Waals surface area (Å²) >= 11 is 0. The molecule has 0 fully saturated rings. The van der Waals surface area contributed by atoms with Crippen LogP contribution in [0, 0.1) is 5.92 Å². The fraction of sp³-hybridized carbons (Fsp3) is 0.848. The molecule has 0 saturated heterocycles. The summed E-state index contributed by atoms with van der Waals surface area (Å²) in [6, 6.07) is 0. The molecule has 7 nitrogen and oxygen atoms in total. The SMILES string of the molecule is CCCCCCCCC=CCCCCCCCC(=O)OC[C@H](CO)OC(=O)CCCCC(CCC=CCCCCCCCC)C(=O)CCC[N+](C)(C)C. The molecule has 7 heteroatoms. The molecule has 0 aromatic heterocycles. The van der Waals surface area contributed by atoms with E-state index in [1.54, 1.807) is 0 Å². The monoisotopic (exact) mass is 749 g/mol. The molecule has 2 atom stereocenters. The van der Waals surface area contributed by atoms with Crippen LogP contribution in [0.4, 0.5) is 0 Å². The van der Waals surface area contributed by atoms with E-state index >= 15 is 0 Å². The second-order valence-corrected chi connectivity index (χ2v) is 16.4. The van der Waals surface area contributed by atoms with Gasteiger partial charge in [-0.3, -0.25) is 14.4 Å². The lowest BCUT2D eigenvalue weighted by molar-refractivity contribution is -0.870. The van der Waals surface area contributed by atoms with Crippen molar-refractivity contribution in [1.29, 1.82) is 0 Å². The number of carbonyl (C=O) groups excluding carboxylic acids is 3. The smallest absolute Gasteiger partial charge is 0.306 e. The van der Waals surface area contributed by atoms with Gasteiger partial charge in [0.15, 0.2) is 6.10 Å². The number of ketones is 1. The topological polar surface area (TPSA) is 89.9 Å². The Kier molecular flexibility index (Phi) is 35.6. The van der Waals surface area contributed by atoms with E-state index in [2.05, 4.69) is 59.3 Å². The Labute approximate surface area is 327 Å². The van der Waals surface area contributed by atoms with Crippen molar-refractivity contribution in [2.45, 2.75) is 206 Å². The van der Waals surface area contributed by atoms with Crippen molar-refractivity contribution in [1.82, 2.24) is 0 Å². The first-order valence-electron chi connectivity index (χ1n) is 22.2. The van der Waals surface area contributed by atoms with Gasteiger partial charge in [-0.25, -0.2) is 0 Å². The minimum Gasteiger partial charge on any atom is -0.462 e. The van der Waals surface area contributed by atoms with Gasteiger partial charge < -0.3 is 19.1 Å². The van der Waals surface area contributed by atoms with Crippen LogP contribution in [-0.4, -0.2) is 74.3 Å². The molecule has 0 amide bonds. The Balaban J connectivity index is 4.25. The molecule has 53 heavy (non-hydrogen) atoms. The van der Waals surface area contributed by atoms with Gasteiger partial charge in [-0.05, 0) is 70.6 Å². The fourth-order valence-corrected chi connectivity index (χ4v) is 6.60. The first kappa shape index (κ1) is 51.0. The molecule has 1 unspecified atom stereocenters. The Morgan fingerprint density at radius 2 is 1.02 bits per heavy atom. The Bertz CT molecular complexity index is 923. The fourth-order valence-electron chi connectivity index (χ4n) is 6.60. The molecular formula is C46H86NO6+. The van der Waals surface area contributed by atoms with Crippen LogP contribution in [-0.2, 0) is 23.9 Å². The van der Waals surface area contributed by atoms with Crippen molar-refractivity contribution in [3.05, 3.63) is 24.3 Å². The number of nitrogens with zero attached hydrogens (tertiary/aromatic N) is 1. The summed E-state index contributed by atoms with van der Waals surface area (Å²) in [4.78, 5) is 37.9. The van der Waals surface area contributed by atoms with E-state index in [1.165, 1.54) is 96.3 Å². The number of Topliss-reactive ketones (excluding diaryl/α,β-unsaturated/α-hetero) is 1. The lowest BCUT2D eigenvalue weighted by atomic mass is 9.89. The molecular weight excluding hydrogens is 663 g/mol. The summed E-state index contributed by atoms with van der Waals surface area (Å²) in [5.74, 6) is -0.356. The average Bonchev–Trinajstić information content (AvgIpc) is 3.12. The molecule has 0 saturated carbocycles. The summed E-state index contributed by atoms with van der Waals surface area (Å²) < 4.78 is 11.6. The van der Waals surface area contributed by atoms with Crippen LogP contribution in [0.2, 0.25) is 0 Å². The number of esters is 2. The zero-order chi connectivity index (χ0) is 39.3. The maximum Gasteiger partial charge on any atom is 0.306 e. The molecule has 0 heterocycles. The number of hydrogen-bond donors (Lipinski definition) is 1. The number of allylic oxidation sites excluding steroid dienone is 4. The normalized spacial score (nSPS) is 13.2. The van der Waals surface area contributed by atoms with Gasteiger partial charge in [0.1, 0.15) is 12.4 Å². The lowest BCUT2D eigenvalue weighted by Gasteiger charge is -2.24. The minimum absolute atomic E-state index is 0.0171. The lowest BCUT2D eigenvalue weighted by Crippen LogP contribution is -2.35. The van der Waals surface area contributed by atoms with Crippen LogP contribution in [0.15, 0.2) is 24.3 Å². The van der Waals surface area contributed by atoms with Crippen molar-refractivity contribution in [2.75, 3.05) is 40.9 Å². The number of ether oxygens (including phenoxy) is 2.